The van der Waals surface area contributed by atoms with Gasteiger partial charge in [-0.1, -0.05) is 109 Å². The second-order valence-corrected chi connectivity index (χ2v) is 23.2. The summed E-state index contributed by atoms with van der Waals surface area (Å²) in [5.41, 5.74) is 13.5. The van der Waals surface area contributed by atoms with Crippen LogP contribution in [0.3, 0.4) is 0 Å². The van der Waals surface area contributed by atoms with E-state index in [1.807, 2.05) is 27.7 Å². The largest absolute Gasteiger partial charge is 0.453 e. The number of hydrogen-bond acceptors (Lipinski definition) is 8. The molecule has 2 aliphatic heterocycles. The molecule has 394 valence electrons. The number of nitrogens with one attached hydrogen (secondary N) is 4. The minimum Gasteiger partial charge on any atom is -0.453 e. The molecule has 4 aromatic carbocycles. The summed E-state index contributed by atoms with van der Waals surface area (Å²) in [4.78, 5) is 75.8. The number of nitrogens with zero attached hydrogens (tertiary/aromatic N) is 4. The van der Waals surface area contributed by atoms with Crippen LogP contribution in [-0.4, -0.2) is 92.1 Å². The van der Waals surface area contributed by atoms with E-state index >= 15 is 0 Å². The van der Waals surface area contributed by atoms with Crippen molar-refractivity contribution in [3.8, 4) is 22.3 Å². The van der Waals surface area contributed by atoms with Gasteiger partial charge in [-0.3, -0.25) is 9.59 Å². The van der Waals surface area contributed by atoms with Gasteiger partial charge in [0.15, 0.2) is 0 Å². The normalized spacial score (nSPS) is 24.2. The molecule has 0 spiro atoms. The number of benzene rings is 4. The Balaban J connectivity index is 0.862. The summed E-state index contributed by atoms with van der Waals surface area (Å²) < 4.78 is 9.88. The lowest BCUT2D eigenvalue weighted by Gasteiger charge is -2.36. The second kappa shape index (κ2) is 20.8. The van der Waals surface area contributed by atoms with Gasteiger partial charge in [0, 0.05) is 12.1 Å². The molecule has 75 heavy (non-hydrogen) atoms. The number of carbonyl (C=O) groups excluding carboxylic acids is 4. The number of rotatable bonds is 10. The zero-order valence-corrected chi connectivity index (χ0v) is 44.7. The average Bonchev–Trinajstić information content (AvgIpc) is 4.23. The molecular weight excluding hydrogens is 941 g/mol. The van der Waals surface area contributed by atoms with Gasteiger partial charge in [0.2, 0.25) is 11.8 Å². The third kappa shape index (κ3) is 9.67. The molecule has 6 aromatic rings. The van der Waals surface area contributed by atoms with Gasteiger partial charge in [0.25, 0.3) is 0 Å². The SMILES string of the molecule is COC(=O)NC(C(=O)N1C(c2nc3ccc(-c4cc5ccc4CCc4ccc(c(-c6ccc7nc(C8CC9CCCCC9N8C(=O)C(NC(=O)OC)C(C)C)[nH]c7c6)c4)CC5C)cc3[nH]2)CC2CCCCC21)C(C)C. The molecule has 4 fully saturated rings. The van der Waals surface area contributed by atoms with Crippen molar-refractivity contribution >= 4 is 46.1 Å². The standard InChI is InChI=1S/C61H74N8O6/c1-33(2)54(66-60(72)74-6)58(70)68-50-14-10-8-12-42(50)31-52(68)56-62-46-24-22-40(29-48(46)64-56)44-27-36-16-18-37-20-21-38(35(5)26-39(44)19-17-36)28-45(37)41-23-25-47-49(30-41)65-57(63-47)53-32-43-13-9-11-15-51(43)69(53)59(71)55(34(3)4)67-61(73)75-7/h17,19-25,27-30,33-35,42-43,50-55H,8-16,18,26,31-32H2,1-7H3,(H,62,64)(H,63,65)(H,66,72)(H,67,73). The Kier molecular flexibility index (Phi) is 14.0. The van der Waals surface area contributed by atoms with E-state index < -0.39 is 24.3 Å². The molecule has 8 aliphatic rings. The number of imidazole rings is 2. The lowest BCUT2D eigenvalue weighted by molar-refractivity contribution is -0.139. The number of H-pyrrole nitrogens is 2. The first-order valence-electron chi connectivity index (χ1n) is 27.8. The van der Waals surface area contributed by atoms with Crippen molar-refractivity contribution in [3.05, 3.63) is 107 Å². The summed E-state index contributed by atoms with van der Waals surface area (Å²) in [7, 11) is 2.67. The monoisotopic (exact) mass is 1010 g/mol. The number of aryl methyl sites for hydroxylation is 2. The number of alkyl carbamates (subject to hydrolysis) is 2. The van der Waals surface area contributed by atoms with Crippen LogP contribution in [0.2, 0.25) is 0 Å². The van der Waals surface area contributed by atoms with E-state index in [0.717, 1.165) is 128 Å². The molecule has 2 aromatic heterocycles. The molecule has 14 rings (SSSR count). The molecule has 4 bridgehead atoms. The van der Waals surface area contributed by atoms with Gasteiger partial charge in [0.1, 0.15) is 23.7 Å². The molecule has 14 nitrogen and oxygen atoms in total. The number of aromatic amines is 2. The van der Waals surface area contributed by atoms with Crippen LogP contribution in [0.4, 0.5) is 9.59 Å². The smallest absolute Gasteiger partial charge is 0.407 e. The van der Waals surface area contributed by atoms with Crippen LogP contribution in [0.15, 0.2) is 72.8 Å². The number of aromatic nitrogens is 4. The maximum atomic E-state index is 14.5. The number of amides is 4. The van der Waals surface area contributed by atoms with Crippen molar-refractivity contribution < 1.29 is 28.7 Å². The molecule has 4 N–H and O–H groups in total. The highest BCUT2D eigenvalue weighted by molar-refractivity contribution is 5.89. The molecule has 4 amide bonds. The molecule has 2 saturated heterocycles. The van der Waals surface area contributed by atoms with Gasteiger partial charge in [-0.2, -0.15) is 0 Å². The summed E-state index contributed by atoms with van der Waals surface area (Å²) in [5.74, 6) is 2.25. The number of ether oxygens (including phenoxy) is 2. The summed E-state index contributed by atoms with van der Waals surface area (Å²) in [6.45, 7) is 10.2. The Bertz CT molecular complexity index is 3140. The first-order chi connectivity index (χ1) is 36.3. The van der Waals surface area contributed by atoms with Gasteiger partial charge in [-0.25, -0.2) is 19.6 Å². The van der Waals surface area contributed by atoms with Gasteiger partial charge in [0.05, 0.1) is 48.4 Å². The maximum absolute atomic E-state index is 14.5. The Morgan fingerprint density at radius 3 is 1.60 bits per heavy atom. The number of likely N-dealkylation sites (tertiary alicyclic amines) is 2. The van der Waals surface area contributed by atoms with E-state index in [1.165, 1.54) is 47.6 Å². The highest BCUT2D eigenvalue weighted by Gasteiger charge is 2.50. The third-order valence-electron chi connectivity index (χ3n) is 17.8. The summed E-state index contributed by atoms with van der Waals surface area (Å²) >= 11 is 0. The molecule has 14 heteroatoms. The molecule has 2 saturated carbocycles. The van der Waals surface area contributed by atoms with E-state index in [0.29, 0.717) is 11.8 Å². The fourth-order valence-corrected chi connectivity index (χ4v) is 13.8. The van der Waals surface area contributed by atoms with Crippen LogP contribution < -0.4 is 10.6 Å². The van der Waals surface area contributed by atoms with E-state index in [9.17, 15) is 19.2 Å². The molecule has 0 radical (unpaired) electrons. The second-order valence-electron chi connectivity index (χ2n) is 23.2. The highest BCUT2D eigenvalue weighted by Crippen LogP contribution is 2.48. The highest BCUT2D eigenvalue weighted by atomic mass is 16.5. The quantitative estimate of drug-likeness (QED) is 0.105. The summed E-state index contributed by atoms with van der Waals surface area (Å²) in [6, 6.07) is 25.5. The Morgan fingerprint density at radius 2 is 1.09 bits per heavy atom. The minimum atomic E-state index is -0.697. The Morgan fingerprint density at radius 1 is 0.600 bits per heavy atom. The van der Waals surface area contributed by atoms with E-state index in [-0.39, 0.29) is 53.7 Å². The average molecular weight is 1020 g/mol. The predicted molar refractivity (Wildman–Crippen MR) is 291 cm³/mol. The third-order valence-corrected chi connectivity index (χ3v) is 17.8. The first kappa shape index (κ1) is 50.5. The van der Waals surface area contributed by atoms with Gasteiger partial charge in [-0.15, -0.1) is 0 Å². The lowest BCUT2D eigenvalue weighted by Crippen LogP contribution is -2.53. The molecule has 4 heterocycles. The molecule has 9 unspecified atom stereocenters. The van der Waals surface area contributed by atoms with Crippen molar-refractivity contribution in [1.29, 1.82) is 0 Å². The van der Waals surface area contributed by atoms with Crippen molar-refractivity contribution in [2.45, 2.75) is 160 Å². The topological polar surface area (TPSA) is 175 Å². The number of methoxy groups -OCH3 is 2. The van der Waals surface area contributed by atoms with Crippen LogP contribution in [0, 0.1) is 23.7 Å². The fourth-order valence-electron chi connectivity index (χ4n) is 13.8. The molecular formula is C61H74N8O6. The van der Waals surface area contributed by atoms with Crippen LogP contribution in [-0.2, 0) is 38.3 Å². The van der Waals surface area contributed by atoms with Crippen LogP contribution in [0.5, 0.6) is 0 Å². The van der Waals surface area contributed by atoms with Crippen LogP contribution in [0.25, 0.3) is 44.3 Å². The van der Waals surface area contributed by atoms with E-state index in [4.69, 9.17) is 19.4 Å². The zero-order chi connectivity index (χ0) is 52.2. The van der Waals surface area contributed by atoms with Crippen molar-refractivity contribution in [3.63, 3.8) is 0 Å². The number of carbonyl (C=O) groups is 4. The van der Waals surface area contributed by atoms with Crippen LogP contribution >= 0.6 is 0 Å². The van der Waals surface area contributed by atoms with E-state index in [1.54, 1.807) is 0 Å². The lowest BCUT2D eigenvalue weighted by atomic mass is 9.84. The molecule has 9 atom stereocenters. The van der Waals surface area contributed by atoms with Crippen molar-refractivity contribution in [2.24, 2.45) is 23.7 Å². The van der Waals surface area contributed by atoms with Crippen molar-refractivity contribution in [1.82, 2.24) is 40.4 Å². The van der Waals surface area contributed by atoms with Gasteiger partial charge < -0.3 is 39.9 Å². The Hall–Kier alpha value is -6.70. The van der Waals surface area contributed by atoms with Gasteiger partial charge in [-0.05, 0) is 156 Å². The first-order valence-corrected chi connectivity index (χ1v) is 27.8. The maximum Gasteiger partial charge on any atom is 0.407 e. The fraction of sp³-hybridized carbons (Fsp3) is 0.508. The summed E-state index contributed by atoms with van der Waals surface area (Å²) in [6.07, 6.45) is 11.7. The number of fused-ring (bicyclic) bond motifs is 4. The number of hydrogen-bond donors (Lipinski definition) is 4. The minimum absolute atomic E-state index is 0.0679. The van der Waals surface area contributed by atoms with Crippen molar-refractivity contribution in [2.75, 3.05) is 14.2 Å². The van der Waals surface area contributed by atoms with E-state index in [2.05, 4.69) is 110 Å². The Labute approximate surface area is 440 Å². The van der Waals surface area contributed by atoms with Crippen LogP contribution in [0.1, 0.15) is 151 Å². The predicted octanol–water partition coefficient (Wildman–Crippen LogP) is 11.6. The molecule has 6 aliphatic carbocycles. The summed E-state index contributed by atoms with van der Waals surface area (Å²) in [5, 5.41) is 5.69. The van der Waals surface area contributed by atoms with Gasteiger partial charge >= 0.3 is 12.2 Å². The zero-order valence-electron chi connectivity index (χ0n) is 44.7.